The molecular weight excluding hydrogens is 322 g/mol. The van der Waals surface area contributed by atoms with Crippen LogP contribution in [0.3, 0.4) is 0 Å². The van der Waals surface area contributed by atoms with Crippen molar-refractivity contribution in [1.82, 2.24) is 4.90 Å². The highest BCUT2D eigenvalue weighted by atomic mass is 16.7. The van der Waals surface area contributed by atoms with E-state index in [1.165, 1.54) is 11.1 Å². The lowest BCUT2D eigenvalue weighted by atomic mass is 10.1. The molecule has 2 aromatic carbocycles. The molecule has 0 heterocycles. The topological polar surface area (TPSA) is 21.7 Å². The Morgan fingerprint density at radius 1 is 0.808 bits per heavy atom. The molecule has 0 aromatic heterocycles. The molecule has 0 fully saturated rings. The zero-order valence-electron chi connectivity index (χ0n) is 16.2. The molecule has 140 valence electrons. The van der Waals surface area contributed by atoms with E-state index in [0.717, 1.165) is 32.4 Å². The molecule has 0 atom stereocenters. The standard InChI is InChI=1S/C23H31NO2/c1-4-5-6-13-18-23(25-2,26-3)24(19-21-14-9-7-10-15-21)20-22-16-11-8-12-17-22/h5-12,14-17H,4,13,18-20H2,1-3H3. The van der Waals surface area contributed by atoms with E-state index >= 15 is 0 Å². The van der Waals surface area contributed by atoms with E-state index < -0.39 is 5.91 Å². The van der Waals surface area contributed by atoms with E-state index in [1.54, 1.807) is 14.2 Å². The normalized spacial score (nSPS) is 12.2. The van der Waals surface area contributed by atoms with Crippen LogP contribution in [0.1, 0.15) is 37.3 Å². The molecule has 0 spiro atoms. The molecule has 0 saturated heterocycles. The lowest BCUT2D eigenvalue weighted by Crippen LogP contribution is -2.51. The van der Waals surface area contributed by atoms with Crippen molar-refractivity contribution in [3.63, 3.8) is 0 Å². The molecule has 0 saturated carbocycles. The van der Waals surface area contributed by atoms with Gasteiger partial charge < -0.3 is 9.47 Å². The largest absolute Gasteiger partial charge is 0.341 e. The molecule has 0 N–H and O–H groups in total. The Morgan fingerprint density at radius 3 is 1.73 bits per heavy atom. The Kier molecular flexibility index (Phi) is 8.56. The van der Waals surface area contributed by atoms with Gasteiger partial charge in [-0.3, -0.25) is 0 Å². The Labute approximate surface area is 158 Å². The Balaban J connectivity index is 2.26. The van der Waals surface area contributed by atoms with Crippen LogP contribution in [0.5, 0.6) is 0 Å². The minimum absolute atomic E-state index is 0.759. The van der Waals surface area contributed by atoms with E-state index in [9.17, 15) is 0 Å². The summed E-state index contributed by atoms with van der Waals surface area (Å²) >= 11 is 0. The lowest BCUT2D eigenvalue weighted by molar-refractivity contribution is -0.305. The number of benzene rings is 2. The van der Waals surface area contributed by atoms with Crippen LogP contribution < -0.4 is 0 Å². The second-order valence-electron chi connectivity index (χ2n) is 6.37. The summed E-state index contributed by atoms with van der Waals surface area (Å²) in [6.45, 7) is 3.66. The van der Waals surface area contributed by atoms with E-state index in [0.29, 0.717) is 0 Å². The van der Waals surface area contributed by atoms with Gasteiger partial charge in [0, 0.05) is 33.7 Å². The molecule has 0 aliphatic carbocycles. The molecule has 0 unspecified atom stereocenters. The first-order valence-electron chi connectivity index (χ1n) is 9.32. The summed E-state index contributed by atoms with van der Waals surface area (Å²) in [6.07, 6.45) is 7.13. The van der Waals surface area contributed by atoms with Gasteiger partial charge >= 0.3 is 0 Å². The molecule has 0 amide bonds. The van der Waals surface area contributed by atoms with Crippen LogP contribution in [0.15, 0.2) is 72.8 Å². The Bertz CT molecular complexity index is 594. The van der Waals surface area contributed by atoms with Crippen molar-refractivity contribution in [3.8, 4) is 0 Å². The molecule has 0 radical (unpaired) electrons. The predicted octanol–water partition coefficient (Wildman–Crippen LogP) is 5.38. The van der Waals surface area contributed by atoms with Gasteiger partial charge in [0.2, 0.25) is 5.91 Å². The fourth-order valence-electron chi connectivity index (χ4n) is 3.16. The van der Waals surface area contributed by atoms with Crippen molar-refractivity contribution < 1.29 is 9.47 Å². The summed E-state index contributed by atoms with van der Waals surface area (Å²) in [5, 5.41) is 0. The zero-order valence-corrected chi connectivity index (χ0v) is 16.2. The van der Waals surface area contributed by atoms with Crippen molar-refractivity contribution in [2.24, 2.45) is 0 Å². The maximum absolute atomic E-state index is 5.94. The van der Waals surface area contributed by atoms with Crippen molar-refractivity contribution >= 4 is 0 Å². The Morgan fingerprint density at radius 2 is 1.31 bits per heavy atom. The molecule has 0 aliphatic heterocycles. The first kappa shape index (κ1) is 20.4. The third-order valence-corrected chi connectivity index (χ3v) is 4.58. The summed E-state index contributed by atoms with van der Waals surface area (Å²) in [7, 11) is 3.46. The van der Waals surface area contributed by atoms with Crippen LogP contribution in [0.25, 0.3) is 0 Å². The molecule has 2 rings (SSSR count). The number of allylic oxidation sites excluding steroid dienone is 2. The van der Waals surface area contributed by atoms with Gasteiger partial charge in [0.25, 0.3) is 0 Å². The molecule has 3 nitrogen and oxygen atoms in total. The molecular formula is C23H31NO2. The van der Waals surface area contributed by atoms with Gasteiger partial charge in [0.1, 0.15) is 0 Å². The Hall–Kier alpha value is -1.94. The molecule has 0 bridgehead atoms. The van der Waals surface area contributed by atoms with Crippen LogP contribution >= 0.6 is 0 Å². The van der Waals surface area contributed by atoms with Gasteiger partial charge in [-0.2, -0.15) is 0 Å². The fraction of sp³-hybridized carbons (Fsp3) is 0.391. The van der Waals surface area contributed by atoms with E-state index in [1.807, 2.05) is 12.1 Å². The minimum Gasteiger partial charge on any atom is -0.341 e. The molecule has 3 heteroatoms. The van der Waals surface area contributed by atoms with E-state index in [-0.39, 0.29) is 0 Å². The SMILES string of the molecule is CCC=CCCC(OC)(OC)N(Cc1ccccc1)Cc1ccccc1. The molecule has 0 aliphatic rings. The number of hydrogen-bond acceptors (Lipinski definition) is 3. The van der Waals surface area contributed by atoms with Gasteiger partial charge in [-0.05, 0) is 24.0 Å². The maximum atomic E-state index is 5.94. The molecule has 26 heavy (non-hydrogen) atoms. The highest BCUT2D eigenvalue weighted by Gasteiger charge is 2.36. The van der Waals surface area contributed by atoms with Crippen LogP contribution in [-0.2, 0) is 22.6 Å². The highest BCUT2D eigenvalue weighted by molar-refractivity contribution is 5.17. The summed E-state index contributed by atoms with van der Waals surface area (Å²) in [5.74, 6) is -0.760. The van der Waals surface area contributed by atoms with Crippen molar-refractivity contribution in [3.05, 3.63) is 83.9 Å². The number of hydrogen-bond donors (Lipinski definition) is 0. The minimum atomic E-state index is -0.760. The zero-order chi connectivity index (χ0) is 18.7. The average Bonchev–Trinajstić information content (AvgIpc) is 2.70. The highest BCUT2D eigenvalue weighted by Crippen LogP contribution is 2.28. The predicted molar refractivity (Wildman–Crippen MR) is 108 cm³/mol. The monoisotopic (exact) mass is 353 g/mol. The third-order valence-electron chi connectivity index (χ3n) is 4.58. The quantitative estimate of drug-likeness (QED) is 0.400. The second kappa shape index (κ2) is 10.9. The van der Waals surface area contributed by atoms with Crippen molar-refractivity contribution in [1.29, 1.82) is 0 Å². The summed E-state index contributed by atoms with van der Waals surface area (Å²) in [4.78, 5) is 2.28. The van der Waals surface area contributed by atoms with Gasteiger partial charge in [-0.1, -0.05) is 79.7 Å². The summed E-state index contributed by atoms with van der Waals surface area (Å²) < 4.78 is 11.9. The van der Waals surface area contributed by atoms with E-state index in [2.05, 4.69) is 72.5 Å². The van der Waals surface area contributed by atoms with Gasteiger partial charge in [0.15, 0.2) is 0 Å². The molecule has 2 aromatic rings. The second-order valence-corrected chi connectivity index (χ2v) is 6.37. The van der Waals surface area contributed by atoms with Crippen LogP contribution in [0.2, 0.25) is 0 Å². The van der Waals surface area contributed by atoms with E-state index in [4.69, 9.17) is 9.47 Å². The van der Waals surface area contributed by atoms with Gasteiger partial charge in [-0.15, -0.1) is 0 Å². The third kappa shape index (κ3) is 5.80. The van der Waals surface area contributed by atoms with Gasteiger partial charge in [-0.25, -0.2) is 4.90 Å². The van der Waals surface area contributed by atoms with Gasteiger partial charge in [0.05, 0.1) is 0 Å². The number of rotatable bonds is 11. The van der Waals surface area contributed by atoms with Crippen LogP contribution in [0.4, 0.5) is 0 Å². The average molecular weight is 354 g/mol. The maximum Gasteiger partial charge on any atom is 0.230 e. The first-order valence-corrected chi connectivity index (χ1v) is 9.32. The van der Waals surface area contributed by atoms with Crippen molar-refractivity contribution in [2.45, 2.75) is 45.2 Å². The van der Waals surface area contributed by atoms with Crippen LogP contribution in [-0.4, -0.2) is 25.0 Å². The summed E-state index contributed by atoms with van der Waals surface area (Å²) in [5.41, 5.74) is 2.48. The van der Waals surface area contributed by atoms with Crippen molar-refractivity contribution in [2.75, 3.05) is 14.2 Å². The fourth-order valence-corrected chi connectivity index (χ4v) is 3.16. The number of nitrogens with zero attached hydrogens (tertiary/aromatic N) is 1. The van der Waals surface area contributed by atoms with Crippen LogP contribution in [0, 0.1) is 0 Å². The number of methoxy groups -OCH3 is 2. The smallest absolute Gasteiger partial charge is 0.230 e. The number of ether oxygens (including phenoxy) is 2. The lowest BCUT2D eigenvalue weighted by Gasteiger charge is -2.41. The summed E-state index contributed by atoms with van der Waals surface area (Å²) in [6, 6.07) is 20.9. The first-order chi connectivity index (χ1) is 12.7.